The Kier molecular flexibility index (Phi) is 2.39. The van der Waals surface area contributed by atoms with Crippen molar-refractivity contribution in [3.05, 3.63) is 34.1 Å². The minimum absolute atomic E-state index is 0.184. The molecule has 13 heavy (non-hydrogen) atoms. The van der Waals surface area contributed by atoms with Crippen molar-refractivity contribution in [3.8, 4) is 0 Å². The molecule has 70 valence electrons. The SMILES string of the molecule is O[C@H]1C[C@@H](c2ccc(Br)c(F)c2)C1. The topological polar surface area (TPSA) is 20.2 Å². The summed E-state index contributed by atoms with van der Waals surface area (Å²) < 4.78 is 13.6. The van der Waals surface area contributed by atoms with Gasteiger partial charge in [-0.3, -0.25) is 0 Å². The third-order valence-electron chi connectivity index (χ3n) is 2.53. The van der Waals surface area contributed by atoms with Gasteiger partial charge in [-0.05, 0) is 52.4 Å². The van der Waals surface area contributed by atoms with Gasteiger partial charge in [0.1, 0.15) is 5.82 Å². The third-order valence-corrected chi connectivity index (χ3v) is 3.17. The molecule has 0 bridgehead atoms. The average molecular weight is 245 g/mol. The molecule has 0 radical (unpaired) electrons. The molecule has 1 saturated carbocycles. The third kappa shape index (κ3) is 1.76. The zero-order valence-electron chi connectivity index (χ0n) is 7.00. The second kappa shape index (κ2) is 3.39. The van der Waals surface area contributed by atoms with Gasteiger partial charge in [0.2, 0.25) is 0 Å². The van der Waals surface area contributed by atoms with Gasteiger partial charge in [-0.1, -0.05) is 6.07 Å². The number of benzene rings is 1. The molecule has 0 amide bonds. The number of hydrogen-bond acceptors (Lipinski definition) is 1. The van der Waals surface area contributed by atoms with Crippen LogP contribution in [0.15, 0.2) is 22.7 Å². The van der Waals surface area contributed by atoms with E-state index in [1.807, 2.05) is 6.07 Å². The fraction of sp³-hybridized carbons (Fsp3) is 0.400. The number of halogens is 2. The summed E-state index contributed by atoms with van der Waals surface area (Å²) in [5.74, 6) is 0.122. The van der Waals surface area contributed by atoms with Crippen LogP contribution in [0.5, 0.6) is 0 Å². The van der Waals surface area contributed by atoms with Gasteiger partial charge in [0, 0.05) is 0 Å². The van der Waals surface area contributed by atoms with E-state index >= 15 is 0 Å². The predicted octanol–water partition coefficient (Wildman–Crippen LogP) is 2.83. The van der Waals surface area contributed by atoms with E-state index in [4.69, 9.17) is 5.11 Å². The van der Waals surface area contributed by atoms with Crippen molar-refractivity contribution >= 4 is 15.9 Å². The molecule has 0 atom stereocenters. The van der Waals surface area contributed by atoms with Gasteiger partial charge < -0.3 is 5.11 Å². The largest absolute Gasteiger partial charge is 0.393 e. The Morgan fingerprint density at radius 3 is 2.62 bits per heavy atom. The fourth-order valence-electron chi connectivity index (χ4n) is 1.63. The molecule has 1 fully saturated rings. The highest BCUT2D eigenvalue weighted by molar-refractivity contribution is 9.10. The number of aliphatic hydroxyl groups is 1. The summed E-state index contributed by atoms with van der Waals surface area (Å²) in [4.78, 5) is 0. The van der Waals surface area contributed by atoms with Gasteiger partial charge in [-0.15, -0.1) is 0 Å². The summed E-state index contributed by atoms with van der Waals surface area (Å²) in [6, 6.07) is 5.17. The highest BCUT2D eigenvalue weighted by atomic mass is 79.9. The summed E-state index contributed by atoms with van der Waals surface area (Å²) in [7, 11) is 0. The standard InChI is InChI=1S/C10H10BrFO/c11-9-2-1-6(5-10(9)12)7-3-8(13)4-7/h1-2,5,7-8,13H,3-4H2/t7-,8+. The minimum atomic E-state index is -0.223. The molecule has 1 aromatic rings. The average Bonchev–Trinajstić information content (AvgIpc) is 2.05. The van der Waals surface area contributed by atoms with Crippen LogP contribution >= 0.6 is 15.9 Å². The summed E-state index contributed by atoms with van der Waals surface area (Å²) in [6.45, 7) is 0. The first kappa shape index (κ1) is 9.16. The summed E-state index contributed by atoms with van der Waals surface area (Å²) in [5.41, 5.74) is 0.992. The molecule has 0 aliphatic heterocycles. The normalized spacial score (nSPS) is 27.0. The van der Waals surface area contributed by atoms with Crippen molar-refractivity contribution in [1.82, 2.24) is 0 Å². The van der Waals surface area contributed by atoms with Crippen LogP contribution in [0.2, 0.25) is 0 Å². The lowest BCUT2D eigenvalue weighted by Gasteiger charge is -2.31. The van der Waals surface area contributed by atoms with Crippen LogP contribution in [0.3, 0.4) is 0 Å². The van der Waals surface area contributed by atoms with Crippen LogP contribution in [-0.4, -0.2) is 11.2 Å². The van der Waals surface area contributed by atoms with E-state index in [1.54, 1.807) is 12.1 Å². The zero-order valence-corrected chi connectivity index (χ0v) is 8.59. The first-order chi connectivity index (χ1) is 6.16. The Morgan fingerprint density at radius 1 is 1.38 bits per heavy atom. The monoisotopic (exact) mass is 244 g/mol. The Bertz CT molecular complexity index is 321. The van der Waals surface area contributed by atoms with Gasteiger partial charge in [0.05, 0.1) is 10.6 Å². The first-order valence-electron chi connectivity index (χ1n) is 4.30. The molecule has 1 aromatic carbocycles. The van der Waals surface area contributed by atoms with E-state index in [1.165, 1.54) is 0 Å². The van der Waals surface area contributed by atoms with Gasteiger partial charge in [-0.2, -0.15) is 0 Å². The molecule has 0 heterocycles. The molecule has 3 heteroatoms. The molecule has 1 nitrogen and oxygen atoms in total. The summed E-state index contributed by atoms with van der Waals surface area (Å²) >= 11 is 3.11. The van der Waals surface area contributed by atoms with Gasteiger partial charge in [0.25, 0.3) is 0 Å². The van der Waals surface area contributed by atoms with Crippen LogP contribution < -0.4 is 0 Å². The number of rotatable bonds is 1. The van der Waals surface area contributed by atoms with E-state index in [9.17, 15) is 4.39 Å². The van der Waals surface area contributed by atoms with Crippen molar-refractivity contribution in [2.24, 2.45) is 0 Å². The second-order valence-electron chi connectivity index (χ2n) is 3.50. The lowest BCUT2D eigenvalue weighted by molar-refractivity contribution is 0.0745. The maximum atomic E-state index is 13.1. The van der Waals surface area contributed by atoms with Gasteiger partial charge >= 0.3 is 0 Å². The van der Waals surface area contributed by atoms with Crippen LogP contribution in [-0.2, 0) is 0 Å². The molecule has 0 saturated heterocycles. The summed E-state index contributed by atoms with van der Waals surface area (Å²) in [5, 5.41) is 9.10. The maximum absolute atomic E-state index is 13.1. The van der Waals surface area contributed by atoms with Crippen molar-refractivity contribution in [1.29, 1.82) is 0 Å². The number of hydrogen-bond donors (Lipinski definition) is 1. The van der Waals surface area contributed by atoms with Gasteiger partial charge in [-0.25, -0.2) is 4.39 Å². The van der Waals surface area contributed by atoms with Crippen molar-refractivity contribution in [3.63, 3.8) is 0 Å². The van der Waals surface area contributed by atoms with E-state index < -0.39 is 0 Å². The molecule has 0 aromatic heterocycles. The molecule has 0 spiro atoms. The molecule has 1 aliphatic rings. The quantitative estimate of drug-likeness (QED) is 0.806. The van der Waals surface area contributed by atoms with Crippen LogP contribution in [0, 0.1) is 5.82 Å². The first-order valence-corrected chi connectivity index (χ1v) is 5.09. The smallest absolute Gasteiger partial charge is 0.137 e. The Morgan fingerprint density at radius 2 is 2.08 bits per heavy atom. The van der Waals surface area contributed by atoms with Gasteiger partial charge in [0.15, 0.2) is 0 Å². The van der Waals surface area contributed by atoms with E-state index in [2.05, 4.69) is 15.9 Å². The highest BCUT2D eigenvalue weighted by Crippen LogP contribution is 2.37. The molecule has 1 N–H and O–H groups in total. The molecule has 0 unspecified atom stereocenters. The molecule has 2 rings (SSSR count). The van der Waals surface area contributed by atoms with Crippen LogP contribution in [0.25, 0.3) is 0 Å². The zero-order chi connectivity index (χ0) is 9.42. The van der Waals surface area contributed by atoms with E-state index in [0.29, 0.717) is 10.4 Å². The Hall–Kier alpha value is -0.410. The lowest BCUT2D eigenvalue weighted by Crippen LogP contribution is -2.26. The number of aliphatic hydroxyl groups excluding tert-OH is 1. The Labute approximate surface area is 84.7 Å². The van der Waals surface area contributed by atoms with Crippen LogP contribution in [0.1, 0.15) is 24.3 Å². The van der Waals surface area contributed by atoms with Crippen molar-refractivity contribution < 1.29 is 9.50 Å². The van der Waals surface area contributed by atoms with Crippen molar-refractivity contribution in [2.45, 2.75) is 24.9 Å². The maximum Gasteiger partial charge on any atom is 0.137 e. The molecule has 1 aliphatic carbocycles. The Balaban J connectivity index is 2.18. The predicted molar refractivity (Wildman–Crippen MR) is 52.1 cm³/mol. The van der Waals surface area contributed by atoms with E-state index in [0.717, 1.165) is 18.4 Å². The minimum Gasteiger partial charge on any atom is -0.393 e. The fourth-order valence-corrected chi connectivity index (χ4v) is 1.87. The molecular formula is C10H10BrFO. The lowest BCUT2D eigenvalue weighted by atomic mass is 9.78. The molecular weight excluding hydrogens is 235 g/mol. The summed E-state index contributed by atoms with van der Waals surface area (Å²) in [6.07, 6.45) is 1.35. The van der Waals surface area contributed by atoms with Crippen molar-refractivity contribution in [2.75, 3.05) is 0 Å². The van der Waals surface area contributed by atoms with E-state index in [-0.39, 0.29) is 11.9 Å². The highest BCUT2D eigenvalue weighted by Gasteiger charge is 2.28. The van der Waals surface area contributed by atoms with Crippen LogP contribution in [0.4, 0.5) is 4.39 Å². The second-order valence-corrected chi connectivity index (χ2v) is 4.35.